The van der Waals surface area contributed by atoms with Crippen molar-refractivity contribution in [1.29, 1.82) is 0 Å². The molecule has 1 aliphatic heterocycles. The summed E-state index contributed by atoms with van der Waals surface area (Å²) in [4.78, 5) is 23.7. The van der Waals surface area contributed by atoms with Crippen LogP contribution in [0.25, 0.3) is 22.4 Å². The molecule has 1 fully saturated rings. The van der Waals surface area contributed by atoms with Crippen molar-refractivity contribution >= 4 is 16.9 Å². The Bertz CT molecular complexity index is 928. The fourth-order valence-corrected chi connectivity index (χ4v) is 3.27. The van der Waals surface area contributed by atoms with Gasteiger partial charge < -0.3 is 4.90 Å². The van der Waals surface area contributed by atoms with Crippen LogP contribution < -0.4 is 0 Å². The Balaban J connectivity index is 1.53. The molecule has 0 spiro atoms. The number of hydrogen-bond acceptors (Lipinski definition) is 5. The van der Waals surface area contributed by atoms with Crippen LogP contribution in [0.15, 0.2) is 36.7 Å². The summed E-state index contributed by atoms with van der Waals surface area (Å²) in [6.07, 6.45) is 5.59. The lowest BCUT2D eigenvalue weighted by molar-refractivity contribution is -0.135. The molecule has 1 amide bonds. The summed E-state index contributed by atoms with van der Waals surface area (Å²) in [5, 5.41) is 8.35. The lowest BCUT2D eigenvalue weighted by atomic mass is 9.99. The lowest BCUT2D eigenvalue weighted by Gasteiger charge is -2.32. The van der Waals surface area contributed by atoms with E-state index in [2.05, 4.69) is 27.2 Å². The third-order valence-electron chi connectivity index (χ3n) is 5.07. The van der Waals surface area contributed by atoms with Gasteiger partial charge in [-0.3, -0.25) is 9.78 Å². The van der Waals surface area contributed by atoms with Crippen molar-refractivity contribution in [2.45, 2.75) is 32.7 Å². The molecule has 3 aromatic rings. The number of fused-ring (bicyclic) bond motifs is 1. The average molecular weight is 350 g/mol. The highest BCUT2D eigenvalue weighted by atomic mass is 16.2. The molecule has 0 N–H and O–H groups in total. The maximum atomic E-state index is 12.7. The minimum atomic E-state index is -0.377. The van der Waals surface area contributed by atoms with E-state index in [4.69, 9.17) is 0 Å². The minimum Gasteiger partial charge on any atom is -0.341 e. The Kier molecular flexibility index (Phi) is 4.36. The highest BCUT2D eigenvalue weighted by molar-refractivity contribution is 5.80. The number of piperidine rings is 1. The molecule has 7 heteroatoms. The molecular weight excluding hydrogens is 328 g/mol. The number of para-hydroxylation sites is 2. The Morgan fingerprint density at radius 1 is 1.15 bits per heavy atom. The average Bonchev–Trinajstić information content (AvgIpc) is 3.17. The van der Waals surface area contributed by atoms with Gasteiger partial charge in [0.25, 0.3) is 0 Å². The molecule has 2 aromatic heterocycles. The number of nitrogens with zero attached hydrogens (tertiary/aromatic N) is 6. The van der Waals surface area contributed by atoms with Crippen molar-refractivity contribution in [2.24, 2.45) is 5.92 Å². The third-order valence-corrected chi connectivity index (χ3v) is 5.07. The van der Waals surface area contributed by atoms with E-state index in [0.29, 0.717) is 17.3 Å². The maximum Gasteiger partial charge on any atom is 0.247 e. The van der Waals surface area contributed by atoms with Gasteiger partial charge in [-0.2, -0.15) is 0 Å². The number of amides is 1. The van der Waals surface area contributed by atoms with Gasteiger partial charge in [0.05, 0.1) is 23.4 Å². The highest BCUT2D eigenvalue weighted by Crippen LogP contribution is 2.21. The molecule has 0 radical (unpaired) electrons. The van der Waals surface area contributed by atoms with Gasteiger partial charge in [-0.1, -0.05) is 24.3 Å². The molecule has 0 saturated carbocycles. The molecule has 1 unspecified atom stereocenters. The second-order valence-electron chi connectivity index (χ2n) is 7.01. The van der Waals surface area contributed by atoms with Crippen LogP contribution in [0, 0.1) is 5.92 Å². The molecule has 4 rings (SSSR count). The van der Waals surface area contributed by atoms with Gasteiger partial charge in [0, 0.05) is 13.1 Å². The predicted molar refractivity (Wildman–Crippen MR) is 98.2 cm³/mol. The van der Waals surface area contributed by atoms with Gasteiger partial charge in [-0.05, 0) is 37.8 Å². The van der Waals surface area contributed by atoms with E-state index in [1.807, 2.05) is 36.1 Å². The second kappa shape index (κ2) is 6.82. The molecule has 1 atom stereocenters. The van der Waals surface area contributed by atoms with Gasteiger partial charge >= 0.3 is 0 Å². The highest BCUT2D eigenvalue weighted by Gasteiger charge is 2.26. The van der Waals surface area contributed by atoms with E-state index in [1.54, 1.807) is 17.1 Å². The number of carbonyl (C=O) groups is 1. The van der Waals surface area contributed by atoms with Crippen LogP contribution in [-0.2, 0) is 4.79 Å². The number of likely N-dealkylation sites (tertiary alicyclic amines) is 1. The molecule has 3 heterocycles. The Morgan fingerprint density at radius 2 is 1.88 bits per heavy atom. The molecule has 1 saturated heterocycles. The summed E-state index contributed by atoms with van der Waals surface area (Å²) in [7, 11) is 0. The quantitative estimate of drug-likeness (QED) is 0.726. The van der Waals surface area contributed by atoms with Crippen molar-refractivity contribution in [1.82, 2.24) is 29.9 Å². The number of aromatic nitrogens is 5. The molecule has 26 heavy (non-hydrogen) atoms. The van der Waals surface area contributed by atoms with E-state index >= 15 is 0 Å². The number of carbonyl (C=O) groups excluding carboxylic acids is 1. The SMILES string of the molecule is CC1CCN(C(=O)C(C)n2cc(-c3cnc4ccccc4n3)nn2)CC1. The zero-order chi connectivity index (χ0) is 18.1. The van der Waals surface area contributed by atoms with Gasteiger partial charge in [-0.15, -0.1) is 5.10 Å². The van der Waals surface area contributed by atoms with Gasteiger partial charge in [0.15, 0.2) is 0 Å². The molecular formula is C19H22N6O. The fraction of sp³-hybridized carbons (Fsp3) is 0.421. The zero-order valence-corrected chi connectivity index (χ0v) is 15.0. The smallest absolute Gasteiger partial charge is 0.247 e. The van der Waals surface area contributed by atoms with Crippen LogP contribution in [0.1, 0.15) is 32.7 Å². The first-order chi connectivity index (χ1) is 12.6. The monoisotopic (exact) mass is 350 g/mol. The van der Waals surface area contributed by atoms with Crippen LogP contribution in [0.2, 0.25) is 0 Å². The second-order valence-corrected chi connectivity index (χ2v) is 7.01. The zero-order valence-electron chi connectivity index (χ0n) is 15.0. The van der Waals surface area contributed by atoms with Crippen LogP contribution in [0.3, 0.4) is 0 Å². The third kappa shape index (κ3) is 3.16. The van der Waals surface area contributed by atoms with Crippen LogP contribution in [-0.4, -0.2) is 48.9 Å². The topological polar surface area (TPSA) is 76.8 Å². The van der Waals surface area contributed by atoms with E-state index in [9.17, 15) is 4.79 Å². The molecule has 1 aliphatic rings. The summed E-state index contributed by atoms with van der Waals surface area (Å²) in [6.45, 7) is 5.74. The Labute approximate surface area is 152 Å². The molecule has 134 valence electrons. The van der Waals surface area contributed by atoms with Crippen molar-refractivity contribution in [3.63, 3.8) is 0 Å². The van der Waals surface area contributed by atoms with E-state index < -0.39 is 0 Å². The van der Waals surface area contributed by atoms with Gasteiger partial charge in [0.1, 0.15) is 17.4 Å². The number of rotatable bonds is 3. The van der Waals surface area contributed by atoms with E-state index in [1.165, 1.54) is 0 Å². The van der Waals surface area contributed by atoms with Crippen molar-refractivity contribution < 1.29 is 4.79 Å². The Morgan fingerprint density at radius 3 is 2.65 bits per heavy atom. The summed E-state index contributed by atoms with van der Waals surface area (Å²) in [5.74, 6) is 0.789. The lowest BCUT2D eigenvalue weighted by Crippen LogP contribution is -2.41. The van der Waals surface area contributed by atoms with Gasteiger partial charge in [0.2, 0.25) is 5.91 Å². The molecule has 0 aliphatic carbocycles. The summed E-state index contributed by atoms with van der Waals surface area (Å²) >= 11 is 0. The first-order valence-electron chi connectivity index (χ1n) is 9.04. The Hall–Kier alpha value is -2.83. The summed E-state index contributed by atoms with van der Waals surface area (Å²) < 4.78 is 1.62. The summed E-state index contributed by atoms with van der Waals surface area (Å²) in [6, 6.07) is 7.32. The van der Waals surface area contributed by atoms with E-state index in [-0.39, 0.29) is 11.9 Å². The molecule has 0 bridgehead atoms. The minimum absolute atomic E-state index is 0.0953. The van der Waals surface area contributed by atoms with Crippen LogP contribution in [0.4, 0.5) is 0 Å². The first kappa shape index (κ1) is 16.6. The van der Waals surface area contributed by atoms with Crippen molar-refractivity contribution in [2.75, 3.05) is 13.1 Å². The normalized spacial score (nSPS) is 16.8. The van der Waals surface area contributed by atoms with E-state index in [0.717, 1.165) is 37.0 Å². The largest absolute Gasteiger partial charge is 0.341 e. The van der Waals surface area contributed by atoms with Crippen molar-refractivity contribution in [3.8, 4) is 11.4 Å². The number of benzene rings is 1. The summed E-state index contributed by atoms with van der Waals surface area (Å²) in [5.41, 5.74) is 2.93. The predicted octanol–water partition coefficient (Wildman–Crippen LogP) is 2.71. The molecule has 7 nitrogen and oxygen atoms in total. The first-order valence-corrected chi connectivity index (χ1v) is 9.04. The standard InChI is InChI=1S/C19H22N6O/c1-13-7-9-24(10-8-13)19(26)14(2)25-12-18(22-23-25)17-11-20-15-5-3-4-6-16(15)21-17/h3-6,11-14H,7-10H2,1-2H3. The fourth-order valence-electron chi connectivity index (χ4n) is 3.27. The van der Waals surface area contributed by atoms with Gasteiger partial charge in [-0.25, -0.2) is 9.67 Å². The van der Waals surface area contributed by atoms with Crippen LogP contribution in [0.5, 0.6) is 0 Å². The molecule has 1 aromatic carbocycles. The maximum absolute atomic E-state index is 12.7. The van der Waals surface area contributed by atoms with Crippen molar-refractivity contribution in [3.05, 3.63) is 36.7 Å². The number of hydrogen-bond donors (Lipinski definition) is 0. The van der Waals surface area contributed by atoms with Crippen LogP contribution >= 0.6 is 0 Å².